The standard InChI is InChI=1S/C10H11N3S/c1-7-4-3-5-8(9(7)14-2)10-11-6-12-13-10/h3-6H,1-2H3,(H,11,12,13). The van der Waals surface area contributed by atoms with Crippen molar-refractivity contribution in [3.63, 3.8) is 0 Å². The van der Waals surface area contributed by atoms with Crippen molar-refractivity contribution in [3.05, 3.63) is 30.1 Å². The third-order valence-corrected chi connectivity index (χ3v) is 3.02. The number of aromatic amines is 1. The summed E-state index contributed by atoms with van der Waals surface area (Å²) in [6.45, 7) is 2.10. The van der Waals surface area contributed by atoms with Gasteiger partial charge < -0.3 is 0 Å². The molecular weight excluding hydrogens is 194 g/mol. The van der Waals surface area contributed by atoms with Gasteiger partial charge in [0.25, 0.3) is 0 Å². The first-order valence-electron chi connectivity index (χ1n) is 4.32. The molecule has 1 aromatic heterocycles. The second kappa shape index (κ2) is 3.84. The van der Waals surface area contributed by atoms with E-state index < -0.39 is 0 Å². The van der Waals surface area contributed by atoms with Crippen molar-refractivity contribution in [1.29, 1.82) is 0 Å². The second-order valence-electron chi connectivity index (χ2n) is 2.98. The number of thioether (sulfide) groups is 1. The van der Waals surface area contributed by atoms with E-state index in [1.807, 2.05) is 12.1 Å². The van der Waals surface area contributed by atoms with Crippen LogP contribution >= 0.6 is 11.8 Å². The summed E-state index contributed by atoms with van der Waals surface area (Å²) in [5, 5.41) is 6.82. The summed E-state index contributed by atoms with van der Waals surface area (Å²) in [6.07, 6.45) is 3.67. The normalized spacial score (nSPS) is 10.4. The van der Waals surface area contributed by atoms with Gasteiger partial charge in [-0.3, -0.25) is 5.10 Å². The molecule has 72 valence electrons. The number of rotatable bonds is 2. The molecular formula is C10H11N3S. The smallest absolute Gasteiger partial charge is 0.181 e. The monoisotopic (exact) mass is 205 g/mol. The molecule has 0 saturated heterocycles. The third-order valence-electron chi connectivity index (χ3n) is 2.07. The summed E-state index contributed by atoms with van der Waals surface area (Å²) >= 11 is 1.73. The van der Waals surface area contributed by atoms with Gasteiger partial charge in [-0.15, -0.1) is 11.8 Å². The predicted octanol–water partition coefficient (Wildman–Crippen LogP) is 2.50. The number of nitrogens with zero attached hydrogens (tertiary/aromatic N) is 2. The summed E-state index contributed by atoms with van der Waals surface area (Å²) in [4.78, 5) is 5.40. The minimum atomic E-state index is 0.762. The molecule has 3 nitrogen and oxygen atoms in total. The third kappa shape index (κ3) is 1.53. The number of aryl methyl sites for hydroxylation is 1. The topological polar surface area (TPSA) is 41.6 Å². The highest BCUT2D eigenvalue weighted by Gasteiger charge is 2.08. The van der Waals surface area contributed by atoms with Crippen molar-refractivity contribution < 1.29 is 0 Å². The van der Waals surface area contributed by atoms with Crippen LogP contribution < -0.4 is 0 Å². The molecule has 2 rings (SSSR count). The molecule has 0 radical (unpaired) electrons. The molecule has 2 aromatic rings. The molecule has 0 atom stereocenters. The van der Waals surface area contributed by atoms with Crippen LogP contribution in [-0.4, -0.2) is 21.4 Å². The zero-order chi connectivity index (χ0) is 9.97. The Morgan fingerprint density at radius 1 is 1.36 bits per heavy atom. The number of hydrogen-bond donors (Lipinski definition) is 1. The first-order chi connectivity index (χ1) is 6.83. The van der Waals surface area contributed by atoms with Gasteiger partial charge >= 0.3 is 0 Å². The summed E-state index contributed by atoms with van der Waals surface area (Å²) in [7, 11) is 0. The predicted molar refractivity (Wildman–Crippen MR) is 58.3 cm³/mol. The summed E-state index contributed by atoms with van der Waals surface area (Å²) in [5.41, 5.74) is 2.36. The SMILES string of the molecule is CSc1c(C)cccc1-c1nc[nH]n1. The lowest BCUT2D eigenvalue weighted by molar-refractivity contribution is 1.09. The average Bonchev–Trinajstić information content (AvgIpc) is 2.70. The molecule has 0 fully saturated rings. The zero-order valence-corrected chi connectivity index (χ0v) is 8.93. The van der Waals surface area contributed by atoms with Gasteiger partial charge in [0.2, 0.25) is 0 Å². The molecule has 0 aliphatic heterocycles. The lowest BCUT2D eigenvalue weighted by atomic mass is 10.1. The molecule has 0 bridgehead atoms. The van der Waals surface area contributed by atoms with E-state index >= 15 is 0 Å². The average molecular weight is 205 g/mol. The van der Waals surface area contributed by atoms with Crippen molar-refractivity contribution >= 4 is 11.8 Å². The minimum absolute atomic E-state index is 0.762. The van der Waals surface area contributed by atoms with Crippen LogP contribution in [0.5, 0.6) is 0 Å². The Bertz CT molecular complexity index is 423. The van der Waals surface area contributed by atoms with Crippen LogP contribution in [0, 0.1) is 6.92 Å². The van der Waals surface area contributed by atoms with Gasteiger partial charge in [-0.25, -0.2) is 4.98 Å². The summed E-state index contributed by atoms with van der Waals surface area (Å²) in [5.74, 6) is 0.762. The van der Waals surface area contributed by atoms with E-state index in [2.05, 4.69) is 34.4 Å². The van der Waals surface area contributed by atoms with Crippen molar-refractivity contribution in [3.8, 4) is 11.4 Å². The number of nitrogens with one attached hydrogen (secondary N) is 1. The highest BCUT2D eigenvalue weighted by Crippen LogP contribution is 2.30. The van der Waals surface area contributed by atoms with Crippen LogP contribution in [0.3, 0.4) is 0 Å². The minimum Gasteiger partial charge on any atom is -0.265 e. The van der Waals surface area contributed by atoms with Gasteiger partial charge in [0.15, 0.2) is 5.82 Å². The van der Waals surface area contributed by atoms with Gasteiger partial charge in [-0.2, -0.15) is 5.10 Å². The number of hydrogen-bond acceptors (Lipinski definition) is 3. The molecule has 0 aliphatic carbocycles. The Morgan fingerprint density at radius 2 is 2.21 bits per heavy atom. The Morgan fingerprint density at radius 3 is 2.86 bits per heavy atom. The van der Waals surface area contributed by atoms with Crippen molar-refractivity contribution in [1.82, 2.24) is 15.2 Å². The first-order valence-corrected chi connectivity index (χ1v) is 5.55. The van der Waals surface area contributed by atoms with E-state index in [1.54, 1.807) is 18.1 Å². The lowest BCUT2D eigenvalue weighted by Gasteiger charge is -2.06. The summed E-state index contributed by atoms with van der Waals surface area (Å²) in [6, 6.07) is 6.17. The molecule has 14 heavy (non-hydrogen) atoms. The van der Waals surface area contributed by atoms with E-state index in [9.17, 15) is 0 Å². The van der Waals surface area contributed by atoms with Gasteiger partial charge in [0.1, 0.15) is 6.33 Å². The quantitative estimate of drug-likeness (QED) is 0.766. The van der Waals surface area contributed by atoms with E-state index in [4.69, 9.17) is 0 Å². The maximum absolute atomic E-state index is 4.16. The second-order valence-corrected chi connectivity index (χ2v) is 3.79. The summed E-state index contributed by atoms with van der Waals surface area (Å²) < 4.78 is 0. The fourth-order valence-electron chi connectivity index (χ4n) is 1.44. The largest absolute Gasteiger partial charge is 0.265 e. The molecule has 1 N–H and O–H groups in total. The maximum atomic E-state index is 4.16. The van der Waals surface area contributed by atoms with Crippen LogP contribution in [0.1, 0.15) is 5.56 Å². The molecule has 0 unspecified atom stereocenters. The molecule has 0 saturated carbocycles. The number of H-pyrrole nitrogens is 1. The maximum Gasteiger partial charge on any atom is 0.181 e. The Labute approximate surface area is 87.0 Å². The number of aromatic nitrogens is 3. The Balaban J connectivity index is 2.58. The molecule has 4 heteroatoms. The van der Waals surface area contributed by atoms with E-state index in [1.165, 1.54) is 10.5 Å². The van der Waals surface area contributed by atoms with E-state index in [-0.39, 0.29) is 0 Å². The Hall–Kier alpha value is -1.29. The van der Waals surface area contributed by atoms with Crippen LogP contribution in [0.15, 0.2) is 29.4 Å². The van der Waals surface area contributed by atoms with Gasteiger partial charge in [-0.1, -0.05) is 12.1 Å². The molecule has 0 aliphatic rings. The Kier molecular flexibility index (Phi) is 2.54. The van der Waals surface area contributed by atoms with Crippen LogP contribution in [-0.2, 0) is 0 Å². The highest BCUT2D eigenvalue weighted by atomic mass is 32.2. The zero-order valence-electron chi connectivity index (χ0n) is 8.11. The van der Waals surface area contributed by atoms with Crippen molar-refractivity contribution in [2.24, 2.45) is 0 Å². The number of benzene rings is 1. The lowest BCUT2D eigenvalue weighted by Crippen LogP contribution is -1.87. The highest BCUT2D eigenvalue weighted by molar-refractivity contribution is 7.98. The van der Waals surface area contributed by atoms with Gasteiger partial charge in [0, 0.05) is 10.5 Å². The van der Waals surface area contributed by atoms with E-state index in [0.29, 0.717) is 0 Å². The molecule has 0 spiro atoms. The van der Waals surface area contributed by atoms with Gasteiger partial charge in [0.05, 0.1) is 0 Å². The van der Waals surface area contributed by atoms with Crippen LogP contribution in [0.2, 0.25) is 0 Å². The van der Waals surface area contributed by atoms with Crippen LogP contribution in [0.4, 0.5) is 0 Å². The molecule has 0 amide bonds. The molecule has 1 aromatic carbocycles. The van der Waals surface area contributed by atoms with Crippen LogP contribution in [0.25, 0.3) is 11.4 Å². The first kappa shape index (κ1) is 9.27. The van der Waals surface area contributed by atoms with Crippen molar-refractivity contribution in [2.75, 3.05) is 6.26 Å². The fourth-order valence-corrected chi connectivity index (χ4v) is 2.21. The molecule has 1 heterocycles. The van der Waals surface area contributed by atoms with Gasteiger partial charge in [-0.05, 0) is 24.8 Å². The van der Waals surface area contributed by atoms with E-state index in [0.717, 1.165) is 11.4 Å². The fraction of sp³-hybridized carbons (Fsp3) is 0.200. The van der Waals surface area contributed by atoms with Crippen molar-refractivity contribution in [2.45, 2.75) is 11.8 Å².